The van der Waals surface area contributed by atoms with Crippen molar-refractivity contribution >= 4 is 0 Å². The summed E-state index contributed by atoms with van der Waals surface area (Å²) < 4.78 is 0. The molecule has 1 aliphatic heterocycles. The molecule has 1 fully saturated rings. The van der Waals surface area contributed by atoms with Crippen LogP contribution in [0.2, 0.25) is 0 Å². The quantitative estimate of drug-likeness (QED) is 0.818. The molecule has 94 valence electrons. The van der Waals surface area contributed by atoms with Crippen molar-refractivity contribution in [2.75, 3.05) is 13.1 Å². The Morgan fingerprint density at radius 1 is 1.00 bits per heavy atom. The second-order valence-corrected chi connectivity index (χ2v) is 5.67. The van der Waals surface area contributed by atoms with E-state index in [1.54, 1.807) is 5.56 Å². The fourth-order valence-corrected chi connectivity index (χ4v) is 3.07. The van der Waals surface area contributed by atoms with Gasteiger partial charge in [-0.25, -0.2) is 0 Å². The monoisotopic (exact) mass is 231 g/mol. The Morgan fingerprint density at radius 3 is 2.24 bits per heavy atom. The SMILES string of the molecule is Cc1cc(C)c(C(C)C2CCNCC2)cc1C. The van der Waals surface area contributed by atoms with Gasteiger partial charge in [-0.3, -0.25) is 0 Å². The molecule has 0 bridgehead atoms. The van der Waals surface area contributed by atoms with Crippen LogP contribution in [0.1, 0.15) is 47.9 Å². The van der Waals surface area contributed by atoms with Crippen LogP contribution in [0.4, 0.5) is 0 Å². The number of hydrogen-bond donors (Lipinski definition) is 1. The molecule has 1 N–H and O–H groups in total. The zero-order chi connectivity index (χ0) is 12.4. The third-order valence-corrected chi connectivity index (χ3v) is 4.46. The molecule has 1 nitrogen and oxygen atoms in total. The predicted octanol–water partition coefficient (Wildman–Crippen LogP) is 3.71. The van der Waals surface area contributed by atoms with Gasteiger partial charge in [0.1, 0.15) is 0 Å². The lowest BCUT2D eigenvalue weighted by Crippen LogP contribution is -2.30. The van der Waals surface area contributed by atoms with Gasteiger partial charge in [-0.05, 0) is 80.8 Å². The van der Waals surface area contributed by atoms with Gasteiger partial charge in [-0.15, -0.1) is 0 Å². The van der Waals surface area contributed by atoms with E-state index in [1.807, 2.05) is 0 Å². The molecule has 1 saturated heterocycles. The van der Waals surface area contributed by atoms with Crippen LogP contribution >= 0.6 is 0 Å². The Kier molecular flexibility index (Phi) is 3.88. The number of aryl methyl sites for hydroxylation is 3. The number of benzene rings is 1. The van der Waals surface area contributed by atoms with Crippen molar-refractivity contribution in [3.8, 4) is 0 Å². The van der Waals surface area contributed by atoms with E-state index in [0.717, 1.165) is 5.92 Å². The highest BCUT2D eigenvalue weighted by Gasteiger charge is 2.22. The zero-order valence-corrected chi connectivity index (χ0v) is 11.6. The molecule has 1 atom stereocenters. The van der Waals surface area contributed by atoms with Crippen LogP contribution in [0.5, 0.6) is 0 Å². The molecular weight excluding hydrogens is 206 g/mol. The largest absolute Gasteiger partial charge is 0.317 e. The molecule has 0 amide bonds. The minimum Gasteiger partial charge on any atom is -0.317 e. The molecule has 0 aliphatic carbocycles. The fourth-order valence-electron chi connectivity index (χ4n) is 3.07. The van der Waals surface area contributed by atoms with Crippen LogP contribution in [0.25, 0.3) is 0 Å². The summed E-state index contributed by atoms with van der Waals surface area (Å²) >= 11 is 0. The van der Waals surface area contributed by atoms with Crippen LogP contribution in [0, 0.1) is 26.7 Å². The average Bonchev–Trinajstić information content (AvgIpc) is 2.34. The Hall–Kier alpha value is -0.820. The minimum absolute atomic E-state index is 0.705. The molecule has 1 heteroatoms. The van der Waals surface area contributed by atoms with Crippen LogP contribution in [-0.4, -0.2) is 13.1 Å². The van der Waals surface area contributed by atoms with Gasteiger partial charge in [0.25, 0.3) is 0 Å². The molecule has 1 heterocycles. The molecule has 17 heavy (non-hydrogen) atoms. The standard InChI is InChI=1S/C16H25N/c1-11-9-13(3)16(10-12(11)2)14(4)15-5-7-17-8-6-15/h9-10,14-15,17H,5-8H2,1-4H3. The van der Waals surface area contributed by atoms with Crippen molar-refractivity contribution in [2.45, 2.75) is 46.5 Å². The van der Waals surface area contributed by atoms with Crippen LogP contribution in [0.15, 0.2) is 12.1 Å². The maximum atomic E-state index is 3.46. The molecule has 0 spiro atoms. The predicted molar refractivity (Wildman–Crippen MR) is 74.7 cm³/mol. The van der Waals surface area contributed by atoms with E-state index >= 15 is 0 Å². The van der Waals surface area contributed by atoms with Gasteiger partial charge in [0.2, 0.25) is 0 Å². The smallest absolute Gasteiger partial charge is 0.00461 e. The highest BCUT2D eigenvalue weighted by molar-refractivity contribution is 5.38. The maximum absolute atomic E-state index is 3.46. The average molecular weight is 231 g/mol. The first-order valence-electron chi connectivity index (χ1n) is 6.88. The van der Waals surface area contributed by atoms with Gasteiger partial charge in [-0.1, -0.05) is 19.1 Å². The van der Waals surface area contributed by atoms with E-state index in [4.69, 9.17) is 0 Å². The lowest BCUT2D eigenvalue weighted by molar-refractivity contribution is 0.329. The van der Waals surface area contributed by atoms with E-state index in [2.05, 4.69) is 45.1 Å². The van der Waals surface area contributed by atoms with Gasteiger partial charge in [0, 0.05) is 0 Å². The minimum atomic E-state index is 0.705. The van der Waals surface area contributed by atoms with Crippen molar-refractivity contribution in [3.63, 3.8) is 0 Å². The zero-order valence-electron chi connectivity index (χ0n) is 11.6. The van der Waals surface area contributed by atoms with E-state index < -0.39 is 0 Å². The lowest BCUT2D eigenvalue weighted by atomic mass is 9.79. The first-order chi connectivity index (χ1) is 8.09. The van der Waals surface area contributed by atoms with E-state index in [0.29, 0.717) is 5.92 Å². The summed E-state index contributed by atoms with van der Waals surface area (Å²) in [5.41, 5.74) is 5.90. The van der Waals surface area contributed by atoms with Crippen molar-refractivity contribution in [1.82, 2.24) is 5.32 Å². The topological polar surface area (TPSA) is 12.0 Å². The van der Waals surface area contributed by atoms with E-state index in [-0.39, 0.29) is 0 Å². The molecule has 1 aliphatic rings. The molecule has 0 radical (unpaired) electrons. The summed E-state index contributed by atoms with van der Waals surface area (Å²) in [5, 5.41) is 3.46. The Bertz CT molecular complexity index is 389. The van der Waals surface area contributed by atoms with E-state index in [9.17, 15) is 0 Å². The van der Waals surface area contributed by atoms with E-state index in [1.165, 1.54) is 42.6 Å². The van der Waals surface area contributed by atoms with Gasteiger partial charge in [0.05, 0.1) is 0 Å². The van der Waals surface area contributed by atoms with Crippen LogP contribution < -0.4 is 5.32 Å². The second-order valence-electron chi connectivity index (χ2n) is 5.67. The maximum Gasteiger partial charge on any atom is -0.00461 e. The third-order valence-electron chi connectivity index (χ3n) is 4.46. The van der Waals surface area contributed by atoms with Crippen molar-refractivity contribution in [2.24, 2.45) is 5.92 Å². The highest BCUT2D eigenvalue weighted by atomic mass is 14.9. The van der Waals surface area contributed by atoms with Gasteiger partial charge in [0.15, 0.2) is 0 Å². The number of rotatable bonds is 2. The summed E-state index contributed by atoms with van der Waals surface area (Å²) in [4.78, 5) is 0. The Morgan fingerprint density at radius 2 is 1.59 bits per heavy atom. The van der Waals surface area contributed by atoms with Crippen LogP contribution in [-0.2, 0) is 0 Å². The van der Waals surface area contributed by atoms with Gasteiger partial charge < -0.3 is 5.32 Å². The fraction of sp³-hybridized carbons (Fsp3) is 0.625. The van der Waals surface area contributed by atoms with Gasteiger partial charge >= 0.3 is 0 Å². The number of piperidine rings is 1. The number of nitrogens with one attached hydrogen (secondary N) is 1. The molecule has 2 rings (SSSR count). The van der Waals surface area contributed by atoms with Crippen molar-refractivity contribution < 1.29 is 0 Å². The summed E-state index contributed by atoms with van der Waals surface area (Å²) in [7, 11) is 0. The normalized spacial score (nSPS) is 19.3. The second kappa shape index (κ2) is 5.22. The molecule has 0 aromatic heterocycles. The Balaban J connectivity index is 2.23. The molecule has 0 saturated carbocycles. The Labute approximate surface area is 106 Å². The number of hydrogen-bond acceptors (Lipinski definition) is 1. The highest BCUT2D eigenvalue weighted by Crippen LogP contribution is 2.33. The lowest BCUT2D eigenvalue weighted by Gasteiger charge is -2.30. The summed E-state index contributed by atoms with van der Waals surface area (Å²) in [6, 6.07) is 4.76. The third kappa shape index (κ3) is 2.71. The van der Waals surface area contributed by atoms with Crippen LogP contribution in [0.3, 0.4) is 0 Å². The summed E-state index contributed by atoms with van der Waals surface area (Å²) in [6.07, 6.45) is 2.65. The molecule has 1 aromatic carbocycles. The van der Waals surface area contributed by atoms with Crippen molar-refractivity contribution in [1.29, 1.82) is 0 Å². The molecule has 1 aromatic rings. The molecular formula is C16H25N. The first-order valence-corrected chi connectivity index (χ1v) is 6.88. The van der Waals surface area contributed by atoms with Crippen molar-refractivity contribution in [3.05, 3.63) is 34.4 Å². The first kappa shape index (κ1) is 12.6. The van der Waals surface area contributed by atoms with Gasteiger partial charge in [-0.2, -0.15) is 0 Å². The summed E-state index contributed by atoms with van der Waals surface area (Å²) in [5.74, 6) is 1.56. The summed E-state index contributed by atoms with van der Waals surface area (Å²) in [6.45, 7) is 11.5. The molecule has 1 unspecified atom stereocenters.